The Balaban J connectivity index is 1.59. The maximum absolute atomic E-state index is 10.9. The Morgan fingerprint density at radius 2 is 1.97 bits per heavy atom. The minimum Gasteiger partial charge on any atom is -0.484 e. The Labute approximate surface area is 178 Å². The van der Waals surface area contributed by atoms with E-state index in [4.69, 9.17) is 16.2 Å². The van der Waals surface area contributed by atoms with Crippen LogP contribution in [0.1, 0.15) is 28.2 Å². The lowest BCUT2D eigenvalue weighted by Crippen LogP contribution is -2.19. The summed E-state index contributed by atoms with van der Waals surface area (Å²) >= 11 is 1.54. The SMILES string of the molecule is Cc1cccc(C2N=C(N)SC2c2ccnc(-c3ccc(OCC(N)=O)cc3)c2)n1. The highest BCUT2D eigenvalue weighted by molar-refractivity contribution is 8.14. The third kappa shape index (κ3) is 4.44. The first-order valence-electron chi connectivity index (χ1n) is 9.40. The molecule has 7 nitrogen and oxygen atoms in total. The summed E-state index contributed by atoms with van der Waals surface area (Å²) in [6.07, 6.45) is 1.79. The fraction of sp³-hybridized carbons (Fsp3) is 0.182. The molecule has 2 unspecified atom stereocenters. The number of primary amides is 1. The standard InChI is InChI=1S/C22H21N5O2S/c1-13-3-2-4-17(26-13)20-21(30-22(24)27-20)15-9-10-25-18(11-15)14-5-7-16(8-6-14)29-12-19(23)28/h2-11,20-21H,12H2,1H3,(H2,23,28)(H2,24,27). The number of benzene rings is 1. The van der Waals surface area contributed by atoms with Gasteiger partial charge in [-0.05, 0) is 61.0 Å². The van der Waals surface area contributed by atoms with Gasteiger partial charge in [0.2, 0.25) is 0 Å². The first kappa shape index (κ1) is 19.9. The first-order chi connectivity index (χ1) is 14.5. The fourth-order valence-corrected chi connectivity index (χ4v) is 4.33. The zero-order valence-corrected chi connectivity index (χ0v) is 17.2. The Bertz CT molecular complexity index is 1100. The number of amidine groups is 1. The normalized spacial score (nSPS) is 18.1. The van der Waals surface area contributed by atoms with Crippen molar-refractivity contribution in [1.29, 1.82) is 0 Å². The molecule has 0 radical (unpaired) electrons. The van der Waals surface area contributed by atoms with Crippen LogP contribution in [0.3, 0.4) is 0 Å². The van der Waals surface area contributed by atoms with E-state index < -0.39 is 5.91 Å². The highest BCUT2D eigenvalue weighted by Gasteiger charge is 2.33. The van der Waals surface area contributed by atoms with Crippen LogP contribution >= 0.6 is 11.8 Å². The topological polar surface area (TPSA) is 116 Å². The van der Waals surface area contributed by atoms with Gasteiger partial charge in [-0.25, -0.2) is 0 Å². The van der Waals surface area contributed by atoms with Gasteiger partial charge in [-0.2, -0.15) is 0 Å². The number of pyridine rings is 2. The van der Waals surface area contributed by atoms with Gasteiger partial charge in [-0.3, -0.25) is 19.8 Å². The molecule has 1 aliphatic rings. The van der Waals surface area contributed by atoms with Crippen LogP contribution in [-0.2, 0) is 4.79 Å². The van der Waals surface area contributed by atoms with Crippen LogP contribution in [0.15, 0.2) is 65.8 Å². The average molecular weight is 420 g/mol. The minimum atomic E-state index is -0.512. The van der Waals surface area contributed by atoms with Crippen LogP contribution in [-0.4, -0.2) is 27.6 Å². The van der Waals surface area contributed by atoms with E-state index in [0.717, 1.165) is 28.2 Å². The molecule has 2 atom stereocenters. The lowest BCUT2D eigenvalue weighted by Gasteiger charge is -2.18. The molecule has 152 valence electrons. The van der Waals surface area contributed by atoms with E-state index in [1.54, 1.807) is 18.3 Å². The number of aromatic nitrogens is 2. The van der Waals surface area contributed by atoms with Crippen molar-refractivity contribution in [2.24, 2.45) is 16.5 Å². The van der Waals surface area contributed by atoms with Crippen LogP contribution in [0, 0.1) is 6.92 Å². The molecule has 4 N–H and O–H groups in total. The number of carbonyl (C=O) groups excluding carboxylic acids is 1. The molecule has 0 aliphatic carbocycles. The second-order valence-electron chi connectivity index (χ2n) is 6.91. The molecule has 0 spiro atoms. The number of rotatable bonds is 6. The fourth-order valence-electron chi connectivity index (χ4n) is 3.29. The number of aryl methyl sites for hydroxylation is 1. The molecule has 1 amide bonds. The number of thioether (sulfide) groups is 1. The van der Waals surface area contributed by atoms with Crippen molar-refractivity contribution in [3.05, 3.63) is 77.7 Å². The molecule has 8 heteroatoms. The first-order valence-corrected chi connectivity index (χ1v) is 10.3. The number of aliphatic imine (C=N–C) groups is 1. The van der Waals surface area contributed by atoms with E-state index in [2.05, 4.69) is 15.0 Å². The highest BCUT2D eigenvalue weighted by Crippen LogP contribution is 2.47. The molecular weight excluding hydrogens is 398 g/mol. The Morgan fingerprint density at radius 3 is 2.70 bits per heavy atom. The molecule has 3 heterocycles. The van der Waals surface area contributed by atoms with Gasteiger partial charge in [0.15, 0.2) is 11.8 Å². The van der Waals surface area contributed by atoms with Crippen molar-refractivity contribution in [3.8, 4) is 17.0 Å². The van der Waals surface area contributed by atoms with Crippen LogP contribution in [0.2, 0.25) is 0 Å². The molecule has 0 fully saturated rings. The van der Waals surface area contributed by atoms with E-state index in [0.29, 0.717) is 10.9 Å². The van der Waals surface area contributed by atoms with Crippen LogP contribution < -0.4 is 16.2 Å². The summed E-state index contributed by atoms with van der Waals surface area (Å²) in [5, 5.41) is 0.585. The summed E-state index contributed by atoms with van der Waals surface area (Å²) < 4.78 is 5.31. The summed E-state index contributed by atoms with van der Waals surface area (Å²) in [6.45, 7) is 1.82. The number of nitrogens with zero attached hydrogens (tertiary/aromatic N) is 3. The molecule has 0 saturated carbocycles. The van der Waals surface area contributed by atoms with Gasteiger partial charge >= 0.3 is 0 Å². The smallest absolute Gasteiger partial charge is 0.255 e. The third-order valence-electron chi connectivity index (χ3n) is 4.66. The van der Waals surface area contributed by atoms with Crippen molar-refractivity contribution < 1.29 is 9.53 Å². The van der Waals surface area contributed by atoms with E-state index >= 15 is 0 Å². The molecular formula is C22H21N5O2S. The van der Waals surface area contributed by atoms with E-state index in [9.17, 15) is 4.79 Å². The second kappa shape index (κ2) is 8.54. The van der Waals surface area contributed by atoms with Crippen molar-refractivity contribution >= 4 is 22.8 Å². The molecule has 1 aliphatic heterocycles. The lowest BCUT2D eigenvalue weighted by molar-refractivity contribution is -0.119. The molecule has 2 aromatic heterocycles. The van der Waals surface area contributed by atoms with E-state index in [-0.39, 0.29) is 17.9 Å². The number of amides is 1. The van der Waals surface area contributed by atoms with Gasteiger partial charge in [0.05, 0.1) is 16.6 Å². The number of hydrogen-bond acceptors (Lipinski definition) is 7. The van der Waals surface area contributed by atoms with E-state index in [1.807, 2.05) is 49.4 Å². The maximum Gasteiger partial charge on any atom is 0.255 e. The van der Waals surface area contributed by atoms with Gasteiger partial charge in [-0.15, -0.1) is 0 Å². The summed E-state index contributed by atoms with van der Waals surface area (Å²) in [7, 11) is 0. The summed E-state index contributed by atoms with van der Waals surface area (Å²) in [5.41, 5.74) is 15.9. The van der Waals surface area contributed by atoms with Gasteiger partial charge in [0.1, 0.15) is 11.8 Å². The quantitative estimate of drug-likeness (QED) is 0.634. The Morgan fingerprint density at radius 1 is 1.17 bits per heavy atom. The molecule has 4 rings (SSSR count). The molecule has 3 aromatic rings. The highest BCUT2D eigenvalue weighted by atomic mass is 32.2. The van der Waals surface area contributed by atoms with Gasteiger partial charge in [-0.1, -0.05) is 17.8 Å². The van der Waals surface area contributed by atoms with Crippen LogP contribution in [0.25, 0.3) is 11.3 Å². The monoisotopic (exact) mass is 419 g/mol. The molecule has 1 aromatic carbocycles. The number of carbonyl (C=O) groups is 1. The number of nitrogens with two attached hydrogens (primary N) is 2. The van der Waals surface area contributed by atoms with Crippen molar-refractivity contribution in [3.63, 3.8) is 0 Å². The van der Waals surface area contributed by atoms with Crippen molar-refractivity contribution in [2.45, 2.75) is 18.2 Å². The summed E-state index contributed by atoms with van der Waals surface area (Å²) in [4.78, 5) is 24.6. The van der Waals surface area contributed by atoms with Crippen LogP contribution in [0.5, 0.6) is 5.75 Å². The molecule has 0 saturated heterocycles. The summed E-state index contributed by atoms with van der Waals surface area (Å²) in [5.74, 6) is 0.0634. The number of ether oxygens (including phenoxy) is 1. The zero-order chi connectivity index (χ0) is 21.1. The molecule has 0 bridgehead atoms. The maximum atomic E-state index is 10.9. The van der Waals surface area contributed by atoms with Gasteiger partial charge < -0.3 is 16.2 Å². The average Bonchev–Trinajstić information content (AvgIpc) is 3.14. The largest absolute Gasteiger partial charge is 0.484 e. The predicted octanol–water partition coefficient (Wildman–Crippen LogP) is 3.16. The van der Waals surface area contributed by atoms with Crippen LogP contribution in [0.4, 0.5) is 0 Å². The third-order valence-corrected chi connectivity index (χ3v) is 5.79. The van der Waals surface area contributed by atoms with Gasteiger partial charge in [0, 0.05) is 17.5 Å². The predicted molar refractivity (Wildman–Crippen MR) is 118 cm³/mol. The Hall–Kier alpha value is -3.39. The van der Waals surface area contributed by atoms with E-state index in [1.165, 1.54) is 11.8 Å². The molecule has 30 heavy (non-hydrogen) atoms. The second-order valence-corrected chi connectivity index (χ2v) is 8.07. The van der Waals surface area contributed by atoms with Gasteiger partial charge in [0.25, 0.3) is 5.91 Å². The van der Waals surface area contributed by atoms with Crippen molar-refractivity contribution in [1.82, 2.24) is 9.97 Å². The minimum absolute atomic E-state index is 0.0271. The lowest BCUT2D eigenvalue weighted by atomic mass is 10.0. The Kier molecular flexibility index (Phi) is 5.67. The summed E-state index contributed by atoms with van der Waals surface area (Å²) in [6, 6.07) is 17.2. The van der Waals surface area contributed by atoms with Crippen molar-refractivity contribution in [2.75, 3.05) is 6.61 Å². The number of hydrogen-bond donors (Lipinski definition) is 2. The zero-order valence-electron chi connectivity index (χ0n) is 16.4.